The Kier molecular flexibility index (Phi) is 13.5. The van der Waals surface area contributed by atoms with Crippen LogP contribution in [0.25, 0.3) is 0 Å². The Bertz CT molecular complexity index is 1030. The van der Waals surface area contributed by atoms with Crippen molar-refractivity contribution in [1.29, 1.82) is 0 Å². The van der Waals surface area contributed by atoms with Gasteiger partial charge in [0, 0.05) is 18.3 Å². The summed E-state index contributed by atoms with van der Waals surface area (Å²) in [4.78, 5) is 58.3. The fourth-order valence-corrected chi connectivity index (χ4v) is 3.87. The van der Waals surface area contributed by atoms with E-state index >= 15 is 0 Å². The van der Waals surface area contributed by atoms with Gasteiger partial charge >= 0.3 is 12.1 Å². The molecule has 12 nitrogen and oxygen atoms in total. The second-order valence-electron chi connectivity index (χ2n) is 9.60. The Morgan fingerprint density at radius 1 is 0.974 bits per heavy atom. The van der Waals surface area contributed by atoms with E-state index in [0.29, 0.717) is 37.9 Å². The van der Waals surface area contributed by atoms with Crippen LogP contribution in [0.4, 0.5) is 4.79 Å². The van der Waals surface area contributed by atoms with Crippen molar-refractivity contribution in [2.75, 3.05) is 13.7 Å². The van der Waals surface area contributed by atoms with Gasteiger partial charge in [-0.05, 0) is 43.7 Å². The summed E-state index contributed by atoms with van der Waals surface area (Å²) in [5.74, 6) is -1.57. The van der Waals surface area contributed by atoms with E-state index in [1.165, 1.54) is 19.6 Å². The number of amides is 3. The highest BCUT2D eigenvalue weighted by Crippen LogP contribution is 2.09. The molecule has 0 spiro atoms. The largest absolute Gasteiger partial charge is 0.467 e. The van der Waals surface area contributed by atoms with Gasteiger partial charge in [0.25, 0.3) is 0 Å². The Labute approximate surface area is 228 Å². The molecule has 3 atom stereocenters. The van der Waals surface area contributed by atoms with Gasteiger partial charge in [0.2, 0.25) is 11.8 Å². The minimum Gasteiger partial charge on any atom is -0.467 e. The predicted molar refractivity (Wildman–Crippen MR) is 144 cm³/mol. The smallest absolute Gasteiger partial charge is 0.408 e. The fraction of sp³-hybridized carbons (Fsp3) is 0.519. The van der Waals surface area contributed by atoms with E-state index in [1.807, 2.05) is 44.2 Å². The van der Waals surface area contributed by atoms with Gasteiger partial charge in [0.15, 0.2) is 0 Å². The Balaban J connectivity index is 2.14. The number of aromatic nitrogens is 2. The van der Waals surface area contributed by atoms with E-state index in [2.05, 4.69) is 25.9 Å². The standard InChI is InChI=1S/C27H40N6O6/c1-18(2)13-23(26(36)38-3)32-24(34)21(11-7-8-12-28)31-25(35)22(14-20-15-29-17-30-20)33-27(37)39-16-19-9-5-4-6-10-19/h4-6,9-10,15,17-18,21-23H,7-8,11-14,16,28H2,1-3H3,(H,29,30)(H,31,35)(H,32,34)(H,33,37)/t21-,22-,23-/m0/s1. The zero-order valence-corrected chi connectivity index (χ0v) is 22.8. The second kappa shape index (κ2) is 16.8. The normalized spacial score (nSPS) is 13.2. The van der Waals surface area contributed by atoms with E-state index in [0.717, 1.165) is 5.56 Å². The first-order valence-electron chi connectivity index (χ1n) is 13.1. The molecule has 0 radical (unpaired) electrons. The number of nitrogens with zero attached hydrogens (tertiary/aromatic N) is 1. The van der Waals surface area contributed by atoms with Crippen LogP contribution in [0.5, 0.6) is 0 Å². The van der Waals surface area contributed by atoms with Gasteiger partial charge in [-0.3, -0.25) is 9.59 Å². The number of rotatable bonds is 16. The van der Waals surface area contributed by atoms with E-state index in [-0.39, 0.29) is 18.9 Å². The Hall–Kier alpha value is -3.93. The van der Waals surface area contributed by atoms with Crippen LogP contribution >= 0.6 is 0 Å². The van der Waals surface area contributed by atoms with Gasteiger partial charge in [-0.25, -0.2) is 14.6 Å². The molecule has 2 aromatic rings. The summed E-state index contributed by atoms with van der Waals surface area (Å²) in [6.45, 7) is 4.30. The molecule has 0 unspecified atom stereocenters. The first kappa shape index (κ1) is 31.3. The van der Waals surface area contributed by atoms with Crippen molar-refractivity contribution in [1.82, 2.24) is 25.9 Å². The topological polar surface area (TPSA) is 178 Å². The highest BCUT2D eigenvalue weighted by molar-refractivity contribution is 5.93. The number of methoxy groups -OCH3 is 1. The van der Waals surface area contributed by atoms with Gasteiger partial charge in [-0.2, -0.15) is 0 Å². The number of esters is 1. The number of carbonyl (C=O) groups is 4. The summed E-state index contributed by atoms with van der Waals surface area (Å²) in [5, 5.41) is 8.03. The number of nitrogens with one attached hydrogen (secondary N) is 4. The lowest BCUT2D eigenvalue weighted by molar-refractivity contribution is -0.146. The molecule has 1 aromatic heterocycles. The molecular weight excluding hydrogens is 504 g/mol. The van der Waals surface area contributed by atoms with Crippen LogP contribution in [-0.4, -0.2) is 65.6 Å². The summed E-state index contributed by atoms with van der Waals surface area (Å²) < 4.78 is 10.1. The third-order valence-electron chi connectivity index (χ3n) is 5.89. The number of carbonyl (C=O) groups excluding carboxylic acids is 4. The minimum atomic E-state index is -1.06. The lowest BCUT2D eigenvalue weighted by atomic mass is 10.0. The van der Waals surface area contributed by atoms with Crippen molar-refractivity contribution in [2.45, 2.75) is 70.7 Å². The maximum absolute atomic E-state index is 13.4. The summed E-state index contributed by atoms with van der Waals surface area (Å²) in [5.41, 5.74) is 7.01. The molecule has 214 valence electrons. The average molecular weight is 545 g/mol. The first-order valence-corrected chi connectivity index (χ1v) is 13.1. The summed E-state index contributed by atoms with van der Waals surface area (Å²) in [7, 11) is 1.25. The molecule has 39 heavy (non-hydrogen) atoms. The number of alkyl carbamates (subject to hydrolysis) is 1. The van der Waals surface area contributed by atoms with E-state index in [9.17, 15) is 19.2 Å². The van der Waals surface area contributed by atoms with Crippen molar-refractivity contribution >= 4 is 23.9 Å². The predicted octanol–water partition coefficient (Wildman–Crippen LogP) is 1.56. The molecule has 0 fully saturated rings. The number of unbranched alkanes of at least 4 members (excludes halogenated alkanes) is 1. The van der Waals surface area contributed by atoms with E-state index < -0.39 is 42.0 Å². The van der Waals surface area contributed by atoms with Gasteiger partial charge in [0.1, 0.15) is 24.7 Å². The molecule has 0 saturated carbocycles. The van der Waals surface area contributed by atoms with Crippen molar-refractivity contribution in [2.24, 2.45) is 11.7 Å². The Morgan fingerprint density at radius 2 is 1.67 bits per heavy atom. The molecule has 0 aliphatic carbocycles. The molecule has 1 heterocycles. The van der Waals surface area contributed by atoms with Crippen LogP contribution < -0.4 is 21.7 Å². The number of benzene rings is 1. The van der Waals surface area contributed by atoms with Crippen molar-refractivity contribution < 1.29 is 28.7 Å². The zero-order valence-electron chi connectivity index (χ0n) is 22.8. The fourth-order valence-electron chi connectivity index (χ4n) is 3.87. The molecule has 0 saturated heterocycles. The maximum Gasteiger partial charge on any atom is 0.408 e. The molecule has 12 heteroatoms. The number of nitrogens with two attached hydrogens (primary N) is 1. The molecule has 3 amide bonds. The van der Waals surface area contributed by atoms with Crippen molar-refractivity contribution in [3.8, 4) is 0 Å². The number of hydrogen-bond acceptors (Lipinski definition) is 8. The number of ether oxygens (including phenoxy) is 2. The second-order valence-corrected chi connectivity index (χ2v) is 9.60. The molecule has 2 rings (SSSR count). The third kappa shape index (κ3) is 11.6. The van der Waals surface area contributed by atoms with Gasteiger partial charge in [0.05, 0.1) is 13.4 Å². The molecule has 0 aliphatic rings. The first-order chi connectivity index (χ1) is 18.7. The minimum absolute atomic E-state index is 0.0277. The maximum atomic E-state index is 13.4. The molecule has 0 bridgehead atoms. The zero-order chi connectivity index (χ0) is 28.6. The summed E-state index contributed by atoms with van der Waals surface area (Å²) >= 11 is 0. The summed E-state index contributed by atoms with van der Waals surface area (Å²) in [6.07, 6.45) is 4.18. The average Bonchev–Trinajstić information content (AvgIpc) is 3.43. The molecule has 1 aromatic carbocycles. The van der Waals surface area contributed by atoms with Crippen molar-refractivity contribution in [3.05, 3.63) is 54.1 Å². The number of aromatic amines is 1. The SMILES string of the molecule is COC(=O)[C@H](CC(C)C)NC(=O)[C@H](CCCCN)NC(=O)[C@H](Cc1cnc[nH]1)NC(=O)OCc1ccccc1. The van der Waals surface area contributed by atoms with Crippen LogP contribution in [-0.2, 0) is 36.9 Å². The van der Waals surface area contributed by atoms with Gasteiger partial charge in [-0.1, -0.05) is 44.2 Å². The molecular formula is C27H40N6O6. The highest BCUT2D eigenvalue weighted by atomic mass is 16.5. The van der Waals surface area contributed by atoms with Crippen molar-refractivity contribution in [3.63, 3.8) is 0 Å². The van der Waals surface area contributed by atoms with E-state index in [4.69, 9.17) is 15.2 Å². The van der Waals surface area contributed by atoms with Crippen LogP contribution in [0.15, 0.2) is 42.9 Å². The number of H-pyrrole nitrogens is 1. The van der Waals surface area contributed by atoms with Crippen LogP contribution in [0.1, 0.15) is 50.8 Å². The monoisotopic (exact) mass is 544 g/mol. The third-order valence-corrected chi connectivity index (χ3v) is 5.89. The quantitative estimate of drug-likeness (QED) is 0.156. The lowest BCUT2D eigenvalue weighted by Gasteiger charge is -2.25. The number of hydrogen-bond donors (Lipinski definition) is 5. The molecule has 6 N–H and O–H groups in total. The summed E-state index contributed by atoms with van der Waals surface area (Å²) in [6, 6.07) is 6.24. The number of imidazole rings is 1. The van der Waals surface area contributed by atoms with Crippen LogP contribution in [0.3, 0.4) is 0 Å². The van der Waals surface area contributed by atoms with Gasteiger partial charge < -0.3 is 36.1 Å². The van der Waals surface area contributed by atoms with Crippen LogP contribution in [0.2, 0.25) is 0 Å². The van der Waals surface area contributed by atoms with E-state index in [1.54, 1.807) is 0 Å². The highest BCUT2D eigenvalue weighted by Gasteiger charge is 2.30. The Morgan fingerprint density at radius 3 is 2.28 bits per heavy atom. The van der Waals surface area contributed by atoms with Gasteiger partial charge in [-0.15, -0.1) is 0 Å². The lowest BCUT2D eigenvalue weighted by Crippen LogP contribution is -2.56. The van der Waals surface area contributed by atoms with Crippen LogP contribution in [0, 0.1) is 5.92 Å². The molecule has 0 aliphatic heterocycles.